The van der Waals surface area contributed by atoms with Gasteiger partial charge < -0.3 is 14.9 Å². The smallest absolute Gasteiger partial charge is 0.303 e. The van der Waals surface area contributed by atoms with Gasteiger partial charge in [-0.3, -0.25) is 4.79 Å². The van der Waals surface area contributed by atoms with Gasteiger partial charge in [-0.25, -0.2) is 0 Å². The Morgan fingerprint density at radius 1 is 1.59 bits per heavy atom. The van der Waals surface area contributed by atoms with Gasteiger partial charge in [-0.05, 0) is 24.5 Å². The first-order chi connectivity index (χ1) is 7.97. The second-order valence-corrected chi connectivity index (χ2v) is 3.87. The summed E-state index contributed by atoms with van der Waals surface area (Å²) in [7, 11) is 1.24. The third kappa shape index (κ3) is 3.23. The van der Waals surface area contributed by atoms with E-state index in [0.717, 1.165) is 0 Å². The molecule has 0 atom stereocenters. The van der Waals surface area contributed by atoms with Gasteiger partial charge >= 0.3 is 5.97 Å². The SMILES string of the molecule is COc1c(Cl)cc(CCCC(=O)O)c(O)c1F. The lowest BCUT2D eigenvalue weighted by atomic mass is 10.1. The van der Waals surface area contributed by atoms with E-state index in [-0.39, 0.29) is 29.2 Å². The van der Waals surface area contributed by atoms with Gasteiger partial charge in [-0.15, -0.1) is 0 Å². The average molecular weight is 263 g/mol. The maximum absolute atomic E-state index is 13.5. The molecule has 6 heteroatoms. The molecule has 1 rings (SSSR count). The van der Waals surface area contributed by atoms with Crippen LogP contribution >= 0.6 is 11.6 Å². The van der Waals surface area contributed by atoms with Crippen LogP contribution in [0, 0.1) is 5.82 Å². The third-order valence-corrected chi connectivity index (χ3v) is 2.55. The molecule has 0 unspecified atom stereocenters. The maximum Gasteiger partial charge on any atom is 0.303 e. The highest BCUT2D eigenvalue weighted by atomic mass is 35.5. The molecule has 2 N–H and O–H groups in total. The van der Waals surface area contributed by atoms with Gasteiger partial charge in [-0.1, -0.05) is 11.6 Å². The van der Waals surface area contributed by atoms with Gasteiger partial charge in [-0.2, -0.15) is 4.39 Å². The molecule has 0 aliphatic heterocycles. The average Bonchev–Trinajstić information content (AvgIpc) is 2.25. The number of hydrogen-bond donors (Lipinski definition) is 2. The lowest BCUT2D eigenvalue weighted by Crippen LogP contribution is -1.98. The number of phenolic OH excluding ortho intramolecular Hbond substituents is 1. The Bertz CT molecular complexity index is 434. The van der Waals surface area contributed by atoms with Crippen LogP contribution in [0.2, 0.25) is 5.02 Å². The maximum atomic E-state index is 13.5. The van der Waals surface area contributed by atoms with Gasteiger partial charge in [0.2, 0.25) is 5.82 Å². The van der Waals surface area contributed by atoms with Crippen LogP contribution < -0.4 is 4.74 Å². The molecule has 17 heavy (non-hydrogen) atoms. The topological polar surface area (TPSA) is 66.8 Å². The first-order valence-corrected chi connectivity index (χ1v) is 5.30. The minimum absolute atomic E-state index is 0.0492. The van der Waals surface area contributed by atoms with Crippen molar-refractivity contribution in [3.8, 4) is 11.5 Å². The molecule has 0 fully saturated rings. The number of aliphatic carboxylic acids is 1. The number of methoxy groups -OCH3 is 1. The lowest BCUT2D eigenvalue weighted by molar-refractivity contribution is -0.137. The van der Waals surface area contributed by atoms with E-state index >= 15 is 0 Å². The molecule has 0 saturated carbocycles. The largest absolute Gasteiger partial charge is 0.505 e. The number of halogens is 2. The van der Waals surface area contributed by atoms with E-state index in [2.05, 4.69) is 0 Å². The fraction of sp³-hybridized carbons (Fsp3) is 0.364. The zero-order chi connectivity index (χ0) is 13.0. The molecule has 0 aliphatic carbocycles. The number of ether oxygens (including phenoxy) is 1. The Balaban J connectivity index is 2.90. The van der Waals surface area contributed by atoms with E-state index in [4.69, 9.17) is 21.4 Å². The van der Waals surface area contributed by atoms with Crippen LogP contribution in [-0.4, -0.2) is 23.3 Å². The van der Waals surface area contributed by atoms with E-state index in [1.54, 1.807) is 0 Å². The van der Waals surface area contributed by atoms with Crippen LogP contribution in [0.15, 0.2) is 6.07 Å². The highest BCUT2D eigenvalue weighted by Gasteiger charge is 2.17. The summed E-state index contributed by atoms with van der Waals surface area (Å²) in [6, 6.07) is 1.38. The van der Waals surface area contributed by atoms with E-state index in [1.807, 2.05) is 0 Å². The first-order valence-electron chi connectivity index (χ1n) is 4.93. The van der Waals surface area contributed by atoms with E-state index in [1.165, 1.54) is 13.2 Å². The minimum Gasteiger partial charge on any atom is -0.505 e. The quantitative estimate of drug-likeness (QED) is 0.856. The number of phenols is 1. The predicted molar refractivity (Wildman–Crippen MR) is 60.2 cm³/mol. The fourth-order valence-corrected chi connectivity index (χ4v) is 1.74. The van der Waals surface area contributed by atoms with E-state index in [0.29, 0.717) is 6.42 Å². The Hall–Kier alpha value is -1.49. The summed E-state index contributed by atoms with van der Waals surface area (Å²) in [4.78, 5) is 10.3. The third-order valence-electron chi connectivity index (χ3n) is 2.27. The Morgan fingerprint density at radius 3 is 2.76 bits per heavy atom. The molecule has 1 aromatic rings. The molecule has 0 heterocycles. The monoisotopic (exact) mass is 262 g/mol. The van der Waals surface area contributed by atoms with Gasteiger partial charge in [0, 0.05) is 6.42 Å². The Morgan fingerprint density at radius 2 is 2.24 bits per heavy atom. The van der Waals surface area contributed by atoms with Gasteiger partial charge in [0.15, 0.2) is 11.5 Å². The van der Waals surface area contributed by atoms with Crippen molar-refractivity contribution in [3.63, 3.8) is 0 Å². The van der Waals surface area contributed by atoms with Crippen LogP contribution in [0.5, 0.6) is 11.5 Å². The van der Waals surface area contributed by atoms with Crippen molar-refractivity contribution in [1.82, 2.24) is 0 Å². The summed E-state index contributed by atoms with van der Waals surface area (Å²) < 4.78 is 18.2. The van der Waals surface area contributed by atoms with Crippen molar-refractivity contribution >= 4 is 17.6 Å². The number of aromatic hydroxyl groups is 1. The first kappa shape index (κ1) is 13.6. The molecule has 0 amide bonds. The number of carbonyl (C=O) groups is 1. The number of aryl methyl sites for hydroxylation is 1. The van der Waals surface area contributed by atoms with Crippen LogP contribution in [0.3, 0.4) is 0 Å². The number of carboxylic acids is 1. The van der Waals surface area contributed by atoms with Gasteiger partial charge in [0.25, 0.3) is 0 Å². The van der Waals surface area contributed by atoms with E-state index in [9.17, 15) is 14.3 Å². The molecule has 0 bridgehead atoms. The molecule has 94 valence electrons. The number of rotatable bonds is 5. The molecule has 0 spiro atoms. The molecule has 0 radical (unpaired) electrons. The predicted octanol–water partition coefficient (Wildman–Crippen LogP) is 2.60. The van der Waals surface area contributed by atoms with Crippen molar-refractivity contribution < 1.29 is 24.1 Å². The van der Waals surface area contributed by atoms with Crippen LogP contribution in [0.25, 0.3) is 0 Å². The number of carboxylic acid groups (broad SMARTS) is 1. The summed E-state index contributed by atoms with van der Waals surface area (Å²) in [5.41, 5.74) is 0.273. The number of benzene rings is 1. The van der Waals surface area contributed by atoms with Crippen molar-refractivity contribution in [2.45, 2.75) is 19.3 Å². The molecular weight excluding hydrogens is 251 g/mol. The van der Waals surface area contributed by atoms with Crippen LogP contribution in [-0.2, 0) is 11.2 Å². The van der Waals surface area contributed by atoms with Crippen LogP contribution in [0.1, 0.15) is 18.4 Å². The molecule has 0 aliphatic rings. The summed E-state index contributed by atoms with van der Waals surface area (Å²) in [6.45, 7) is 0. The zero-order valence-corrected chi connectivity index (χ0v) is 9.92. The highest BCUT2D eigenvalue weighted by Crippen LogP contribution is 2.36. The summed E-state index contributed by atoms with van der Waals surface area (Å²) in [6.07, 6.45) is 0.481. The molecular formula is C11H12ClFO4. The van der Waals surface area contributed by atoms with Gasteiger partial charge in [0.05, 0.1) is 12.1 Å². The van der Waals surface area contributed by atoms with Crippen molar-refractivity contribution in [3.05, 3.63) is 22.5 Å². The normalized spacial score (nSPS) is 10.3. The Labute approximate surface area is 103 Å². The Kier molecular flexibility index (Phi) is 4.57. The van der Waals surface area contributed by atoms with E-state index < -0.39 is 17.5 Å². The standard InChI is InChI=1S/C11H12ClFO4/c1-17-11-7(12)5-6(10(16)9(11)13)3-2-4-8(14)15/h5,16H,2-4H2,1H3,(H,14,15). The zero-order valence-electron chi connectivity index (χ0n) is 9.17. The molecule has 0 aromatic heterocycles. The summed E-state index contributed by atoms with van der Waals surface area (Å²) in [5, 5.41) is 18.1. The molecule has 1 aromatic carbocycles. The summed E-state index contributed by atoms with van der Waals surface area (Å²) in [5.74, 6) is -2.63. The lowest BCUT2D eigenvalue weighted by Gasteiger charge is -2.10. The fourth-order valence-electron chi connectivity index (χ4n) is 1.45. The van der Waals surface area contributed by atoms with Crippen molar-refractivity contribution in [2.24, 2.45) is 0 Å². The van der Waals surface area contributed by atoms with Crippen LogP contribution in [0.4, 0.5) is 4.39 Å². The highest BCUT2D eigenvalue weighted by molar-refractivity contribution is 6.32. The molecule has 4 nitrogen and oxygen atoms in total. The summed E-state index contributed by atoms with van der Waals surface area (Å²) >= 11 is 5.76. The van der Waals surface area contributed by atoms with Crippen molar-refractivity contribution in [2.75, 3.05) is 7.11 Å². The minimum atomic E-state index is -0.940. The second kappa shape index (κ2) is 5.72. The number of hydrogen-bond acceptors (Lipinski definition) is 3. The van der Waals surface area contributed by atoms with Crippen molar-refractivity contribution in [1.29, 1.82) is 0 Å². The molecule has 0 saturated heterocycles. The van der Waals surface area contributed by atoms with Gasteiger partial charge in [0.1, 0.15) is 0 Å². The second-order valence-electron chi connectivity index (χ2n) is 3.46.